The summed E-state index contributed by atoms with van der Waals surface area (Å²) in [5.41, 5.74) is 2.10. The number of nitrogens with one attached hydrogen (secondary N) is 1. The predicted molar refractivity (Wildman–Crippen MR) is 60.4 cm³/mol. The SMILES string of the molecule is N#CC(C#N)=NNc1ccc([N+](=O)[O-])cc1Cl. The van der Waals surface area contributed by atoms with E-state index in [4.69, 9.17) is 22.1 Å². The fourth-order valence-electron chi connectivity index (χ4n) is 0.899. The van der Waals surface area contributed by atoms with Gasteiger partial charge in [0.2, 0.25) is 5.71 Å². The van der Waals surface area contributed by atoms with Crippen LogP contribution < -0.4 is 5.43 Å². The second kappa shape index (κ2) is 5.45. The predicted octanol–water partition coefficient (Wildman–Crippen LogP) is 2.06. The molecule has 1 aromatic carbocycles. The van der Waals surface area contributed by atoms with Crippen LogP contribution in [-0.2, 0) is 0 Å². The van der Waals surface area contributed by atoms with Crippen molar-refractivity contribution >= 4 is 28.7 Å². The zero-order valence-corrected chi connectivity index (χ0v) is 8.97. The molecule has 1 rings (SSSR count). The van der Waals surface area contributed by atoms with Gasteiger partial charge in [0.1, 0.15) is 12.1 Å². The number of rotatable bonds is 3. The molecule has 0 atom stereocenters. The summed E-state index contributed by atoms with van der Waals surface area (Å²) < 4.78 is 0. The molecule has 1 aromatic rings. The molecule has 17 heavy (non-hydrogen) atoms. The first-order valence-corrected chi connectivity index (χ1v) is 4.54. The van der Waals surface area contributed by atoms with Crippen LogP contribution in [0.4, 0.5) is 11.4 Å². The maximum Gasteiger partial charge on any atom is 0.271 e. The Labute approximate surface area is 101 Å². The monoisotopic (exact) mass is 249 g/mol. The van der Waals surface area contributed by atoms with Gasteiger partial charge in [0.15, 0.2) is 0 Å². The smallest absolute Gasteiger partial charge is 0.271 e. The first-order chi connectivity index (χ1) is 8.08. The van der Waals surface area contributed by atoms with Gasteiger partial charge in [0.05, 0.1) is 15.6 Å². The Kier molecular flexibility index (Phi) is 3.98. The first-order valence-electron chi connectivity index (χ1n) is 4.16. The van der Waals surface area contributed by atoms with Gasteiger partial charge >= 0.3 is 0 Å². The Morgan fingerprint density at radius 1 is 1.47 bits per heavy atom. The largest absolute Gasteiger partial charge is 0.275 e. The van der Waals surface area contributed by atoms with Crippen molar-refractivity contribution in [3.8, 4) is 12.1 Å². The van der Waals surface area contributed by atoms with E-state index in [1.165, 1.54) is 12.1 Å². The van der Waals surface area contributed by atoms with E-state index >= 15 is 0 Å². The van der Waals surface area contributed by atoms with Gasteiger partial charge < -0.3 is 0 Å². The Morgan fingerprint density at radius 2 is 2.12 bits per heavy atom. The van der Waals surface area contributed by atoms with Crippen molar-refractivity contribution in [2.75, 3.05) is 5.43 Å². The van der Waals surface area contributed by atoms with E-state index in [1.807, 2.05) is 0 Å². The number of nitro benzene ring substituents is 1. The molecule has 0 heterocycles. The van der Waals surface area contributed by atoms with E-state index < -0.39 is 4.92 Å². The molecule has 0 aliphatic rings. The number of nitriles is 2. The fourth-order valence-corrected chi connectivity index (χ4v) is 1.12. The van der Waals surface area contributed by atoms with Crippen molar-refractivity contribution < 1.29 is 4.92 Å². The zero-order chi connectivity index (χ0) is 12.8. The highest BCUT2D eigenvalue weighted by atomic mass is 35.5. The highest BCUT2D eigenvalue weighted by Crippen LogP contribution is 2.26. The highest BCUT2D eigenvalue weighted by molar-refractivity contribution is 6.33. The van der Waals surface area contributed by atoms with E-state index in [0.29, 0.717) is 0 Å². The number of halogens is 1. The van der Waals surface area contributed by atoms with Gasteiger partial charge in [0.25, 0.3) is 5.69 Å². The van der Waals surface area contributed by atoms with Crippen molar-refractivity contribution in [2.24, 2.45) is 5.10 Å². The van der Waals surface area contributed by atoms with E-state index in [1.54, 1.807) is 12.1 Å². The minimum Gasteiger partial charge on any atom is -0.275 e. The Hall–Kier alpha value is -2.64. The minimum atomic E-state index is -0.588. The van der Waals surface area contributed by atoms with Gasteiger partial charge in [-0.3, -0.25) is 15.5 Å². The average Bonchev–Trinajstić information content (AvgIpc) is 2.31. The summed E-state index contributed by atoms with van der Waals surface area (Å²) in [4.78, 5) is 9.85. The Morgan fingerprint density at radius 3 is 2.59 bits per heavy atom. The molecule has 0 aliphatic carbocycles. The summed E-state index contributed by atoms with van der Waals surface area (Å²) in [6.07, 6.45) is 0. The standard InChI is InChI=1S/C9H4ClN5O2/c10-8-3-7(15(16)17)1-2-9(8)14-13-6(4-11)5-12/h1-3,14H. The molecule has 0 amide bonds. The lowest BCUT2D eigenvalue weighted by Gasteiger charge is -2.02. The molecule has 84 valence electrons. The molecule has 0 radical (unpaired) electrons. The number of nitrogens with zero attached hydrogens (tertiary/aromatic N) is 4. The summed E-state index contributed by atoms with van der Waals surface area (Å²) in [6, 6.07) is 6.78. The van der Waals surface area contributed by atoms with Crippen LogP contribution in [0.5, 0.6) is 0 Å². The summed E-state index contributed by atoms with van der Waals surface area (Å²) in [5.74, 6) is 0. The van der Waals surface area contributed by atoms with Crippen LogP contribution in [0.2, 0.25) is 5.02 Å². The van der Waals surface area contributed by atoms with Gasteiger partial charge in [-0.1, -0.05) is 11.6 Å². The summed E-state index contributed by atoms with van der Waals surface area (Å²) in [5, 5.41) is 30.8. The molecule has 0 saturated heterocycles. The van der Waals surface area contributed by atoms with E-state index in [0.717, 1.165) is 6.07 Å². The number of hydrazone groups is 1. The van der Waals surface area contributed by atoms with Crippen LogP contribution in [-0.4, -0.2) is 10.6 Å². The Bertz CT molecular complexity index is 554. The highest BCUT2D eigenvalue weighted by Gasteiger charge is 2.08. The molecule has 0 fully saturated rings. The number of hydrogen-bond donors (Lipinski definition) is 1. The molecule has 0 unspecified atom stereocenters. The number of hydrogen-bond acceptors (Lipinski definition) is 6. The van der Waals surface area contributed by atoms with Gasteiger partial charge in [-0.25, -0.2) is 0 Å². The zero-order valence-electron chi connectivity index (χ0n) is 8.22. The summed E-state index contributed by atoms with van der Waals surface area (Å²) in [6.45, 7) is 0. The van der Waals surface area contributed by atoms with Crippen molar-refractivity contribution in [3.05, 3.63) is 33.3 Å². The third-order valence-electron chi connectivity index (χ3n) is 1.66. The maximum absolute atomic E-state index is 10.4. The molecule has 0 spiro atoms. The topological polar surface area (TPSA) is 115 Å². The molecule has 1 N–H and O–H groups in total. The average molecular weight is 250 g/mol. The maximum atomic E-state index is 10.4. The number of benzene rings is 1. The first kappa shape index (κ1) is 12.4. The van der Waals surface area contributed by atoms with Gasteiger partial charge in [-0.2, -0.15) is 15.6 Å². The number of non-ortho nitro benzene ring substituents is 1. The van der Waals surface area contributed by atoms with E-state index in [-0.39, 0.29) is 22.1 Å². The lowest BCUT2D eigenvalue weighted by Crippen LogP contribution is -1.97. The van der Waals surface area contributed by atoms with Crippen molar-refractivity contribution in [1.82, 2.24) is 0 Å². The molecule has 7 nitrogen and oxygen atoms in total. The van der Waals surface area contributed by atoms with E-state index in [9.17, 15) is 10.1 Å². The third-order valence-corrected chi connectivity index (χ3v) is 1.98. The molecule has 0 aliphatic heterocycles. The molecular weight excluding hydrogens is 246 g/mol. The normalized spacial score (nSPS) is 8.65. The van der Waals surface area contributed by atoms with Crippen molar-refractivity contribution in [2.45, 2.75) is 0 Å². The lowest BCUT2D eigenvalue weighted by molar-refractivity contribution is -0.384. The van der Waals surface area contributed by atoms with Crippen molar-refractivity contribution in [3.63, 3.8) is 0 Å². The van der Waals surface area contributed by atoms with Crippen molar-refractivity contribution in [1.29, 1.82) is 10.5 Å². The quantitative estimate of drug-likeness (QED) is 0.500. The van der Waals surface area contributed by atoms with Gasteiger partial charge in [-0.15, -0.1) is 0 Å². The number of anilines is 1. The van der Waals surface area contributed by atoms with Crippen LogP contribution >= 0.6 is 11.6 Å². The fraction of sp³-hybridized carbons (Fsp3) is 0. The van der Waals surface area contributed by atoms with Crippen LogP contribution in [0.1, 0.15) is 0 Å². The molecule has 0 bridgehead atoms. The van der Waals surface area contributed by atoms with Gasteiger partial charge in [0, 0.05) is 12.1 Å². The molecule has 0 saturated carbocycles. The molecule has 0 aromatic heterocycles. The summed E-state index contributed by atoms with van der Waals surface area (Å²) in [7, 11) is 0. The minimum absolute atomic E-state index is 0.0678. The van der Waals surface area contributed by atoms with Crippen LogP contribution in [0.15, 0.2) is 23.3 Å². The molecule has 8 heteroatoms. The van der Waals surface area contributed by atoms with Crippen LogP contribution in [0.3, 0.4) is 0 Å². The third kappa shape index (κ3) is 3.16. The van der Waals surface area contributed by atoms with Gasteiger partial charge in [-0.05, 0) is 6.07 Å². The second-order valence-electron chi connectivity index (χ2n) is 2.72. The number of nitro groups is 1. The second-order valence-corrected chi connectivity index (χ2v) is 3.12. The van der Waals surface area contributed by atoms with Crippen LogP contribution in [0.25, 0.3) is 0 Å². The summed E-state index contributed by atoms with van der Waals surface area (Å²) >= 11 is 5.74. The van der Waals surface area contributed by atoms with Crippen LogP contribution in [0, 0.1) is 32.8 Å². The lowest BCUT2D eigenvalue weighted by atomic mass is 10.3. The Balaban J connectivity index is 2.96. The molecular formula is C9H4ClN5O2. The van der Waals surface area contributed by atoms with E-state index in [2.05, 4.69) is 10.5 Å².